The Hall–Kier alpha value is -4.76. The fraction of sp³-hybridized carbons (Fsp3) is 0.286. The average Bonchev–Trinajstić information content (AvgIpc) is 2.95. The van der Waals surface area contributed by atoms with Crippen molar-refractivity contribution in [2.75, 3.05) is 6.61 Å². The van der Waals surface area contributed by atoms with Crippen LogP contribution in [0.3, 0.4) is 0 Å². The largest absolute Gasteiger partial charge is 0.508 e. The number of rotatable bonds is 6. The van der Waals surface area contributed by atoms with Crippen LogP contribution in [0, 0.1) is 0 Å². The molecule has 2 heterocycles. The van der Waals surface area contributed by atoms with E-state index in [9.17, 15) is 50.4 Å². The quantitative estimate of drug-likeness (QED) is 0.149. The van der Waals surface area contributed by atoms with Gasteiger partial charge in [-0.25, -0.2) is 4.79 Å². The van der Waals surface area contributed by atoms with Gasteiger partial charge in [0.15, 0.2) is 35.2 Å². The van der Waals surface area contributed by atoms with Crippen molar-refractivity contribution in [1.82, 2.24) is 0 Å². The molecule has 0 bridgehead atoms. The van der Waals surface area contributed by atoms with E-state index < -0.39 is 83.7 Å². The van der Waals surface area contributed by atoms with Gasteiger partial charge in [-0.15, -0.1) is 0 Å². The van der Waals surface area contributed by atoms with Gasteiger partial charge in [-0.05, 0) is 29.8 Å². The lowest BCUT2D eigenvalue weighted by molar-refractivity contribution is -0.276. The summed E-state index contributed by atoms with van der Waals surface area (Å²) in [6, 6.07) is 9.92. The molecule has 5 rings (SSSR count). The van der Waals surface area contributed by atoms with Gasteiger partial charge >= 0.3 is 5.97 Å². The molecule has 2 aliphatic rings. The number of benzene rings is 3. The Morgan fingerprint density at radius 2 is 1.57 bits per heavy atom. The van der Waals surface area contributed by atoms with Gasteiger partial charge in [0.2, 0.25) is 6.29 Å². The molecule has 14 heteroatoms. The van der Waals surface area contributed by atoms with Crippen LogP contribution in [-0.4, -0.2) is 89.9 Å². The Morgan fingerprint density at radius 1 is 0.905 bits per heavy atom. The van der Waals surface area contributed by atoms with Gasteiger partial charge in [-0.3, -0.25) is 4.79 Å². The van der Waals surface area contributed by atoms with Crippen LogP contribution < -0.4 is 9.47 Å². The van der Waals surface area contributed by atoms with Gasteiger partial charge in [0.1, 0.15) is 46.9 Å². The molecule has 8 N–H and O–H groups in total. The summed E-state index contributed by atoms with van der Waals surface area (Å²) in [6.07, 6.45) is -9.32. The molecular weight excluding hydrogens is 560 g/mol. The molecule has 2 aliphatic heterocycles. The van der Waals surface area contributed by atoms with E-state index in [0.29, 0.717) is 5.56 Å². The van der Waals surface area contributed by atoms with Gasteiger partial charge in [-0.2, -0.15) is 0 Å². The van der Waals surface area contributed by atoms with Gasteiger partial charge in [0, 0.05) is 12.1 Å². The number of hydrogen-bond acceptors (Lipinski definition) is 14. The summed E-state index contributed by atoms with van der Waals surface area (Å²) in [7, 11) is 0. The Labute approximate surface area is 236 Å². The molecule has 6 atom stereocenters. The van der Waals surface area contributed by atoms with Crippen LogP contribution in [0.15, 0.2) is 48.5 Å². The van der Waals surface area contributed by atoms with E-state index in [-0.39, 0.29) is 29.2 Å². The summed E-state index contributed by atoms with van der Waals surface area (Å²) in [5.41, 5.74) is 0.0537. The predicted octanol–water partition coefficient (Wildman–Crippen LogP) is 0.964. The smallest absolute Gasteiger partial charge is 0.338 e. The molecule has 0 saturated carbocycles. The Morgan fingerprint density at radius 3 is 2.21 bits per heavy atom. The van der Waals surface area contributed by atoms with Crippen molar-refractivity contribution < 1.29 is 69.4 Å². The molecule has 42 heavy (non-hydrogen) atoms. The molecule has 14 nitrogen and oxygen atoms in total. The number of aromatic hydroxyl groups is 5. The predicted molar refractivity (Wildman–Crippen MR) is 138 cm³/mol. The van der Waals surface area contributed by atoms with Crippen LogP contribution in [0.1, 0.15) is 38.8 Å². The lowest BCUT2D eigenvalue weighted by Crippen LogP contribution is -2.61. The van der Waals surface area contributed by atoms with E-state index in [1.54, 1.807) is 12.1 Å². The third kappa shape index (κ3) is 5.43. The van der Waals surface area contributed by atoms with Crippen LogP contribution in [0.4, 0.5) is 0 Å². The van der Waals surface area contributed by atoms with Crippen molar-refractivity contribution in [3.63, 3.8) is 0 Å². The number of ketones is 1. The highest BCUT2D eigenvalue weighted by atomic mass is 16.7. The van der Waals surface area contributed by atoms with Crippen LogP contribution in [0.2, 0.25) is 0 Å². The summed E-state index contributed by atoms with van der Waals surface area (Å²) in [6.45, 7) is -0.788. The second-order valence-electron chi connectivity index (χ2n) is 9.70. The molecule has 1 unspecified atom stereocenters. The van der Waals surface area contributed by atoms with Crippen LogP contribution in [-0.2, 0) is 9.47 Å². The summed E-state index contributed by atoms with van der Waals surface area (Å²) in [5, 5.41) is 80.2. The summed E-state index contributed by atoms with van der Waals surface area (Å²) in [4.78, 5) is 25.5. The minimum absolute atomic E-state index is 0.0234. The van der Waals surface area contributed by atoms with Gasteiger partial charge < -0.3 is 59.8 Å². The molecule has 3 aromatic rings. The van der Waals surface area contributed by atoms with Crippen molar-refractivity contribution >= 4 is 11.8 Å². The molecule has 0 amide bonds. The zero-order valence-corrected chi connectivity index (χ0v) is 21.5. The number of phenols is 5. The van der Waals surface area contributed by atoms with Crippen molar-refractivity contribution in [3.8, 4) is 40.2 Å². The highest BCUT2D eigenvalue weighted by Gasteiger charge is 2.48. The van der Waals surface area contributed by atoms with E-state index in [1.165, 1.54) is 18.2 Å². The Kier molecular flexibility index (Phi) is 7.71. The monoisotopic (exact) mass is 586 g/mol. The first kappa shape index (κ1) is 28.8. The molecule has 222 valence electrons. The molecular formula is C28H26O14. The minimum Gasteiger partial charge on any atom is -0.508 e. The normalized spacial score (nSPS) is 25.3. The molecule has 3 aromatic carbocycles. The third-order valence-corrected chi connectivity index (χ3v) is 6.86. The fourth-order valence-corrected chi connectivity index (χ4v) is 4.70. The molecule has 1 saturated heterocycles. The molecule has 0 aliphatic carbocycles. The number of Topliss-reactive ketones (excluding diaryl/α,β-unsaturated/α-hetero) is 1. The van der Waals surface area contributed by atoms with Crippen molar-refractivity contribution in [3.05, 3.63) is 65.2 Å². The molecule has 1 fully saturated rings. The number of hydrogen-bond donors (Lipinski definition) is 8. The lowest BCUT2D eigenvalue weighted by Gasteiger charge is -2.41. The van der Waals surface area contributed by atoms with E-state index in [4.69, 9.17) is 18.9 Å². The standard InChI is InChI=1S/C28H26O14/c29-10-21-24(36)26(42-27(38)12-5-17(33)23(35)18(34)6-12)25(37)28(41-21)39-14-7-15(31)22-16(32)9-19(40-20(22)8-14)11-1-3-13(30)4-2-11/h1-8,19,21,24-26,28-31,33-37H,9-10H2/t19?,21-,24-,25-,26+,28-/m1/s1. The number of fused-ring (bicyclic) bond motifs is 1. The average molecular weight is 587 g/mol. The second-order valence-corrected chi connectivity index (χ2v) is 9.70. The van der Waals surface area contributed by atoms with Crippen molar-refractivity contribution in [1.29, 1.82) is 0 Å². The van der Waals surface area contributed by atoms with Gasteiger partial charge in [0.05, 0.1) is 18.6 Å². The highest BCUT2D eigenvalue weighted by Crippen LogP contribution is 2.43. The van der Waals surface area contributed by atoms with E-state index in [0.717, 1.165) is 18.2 Å². The first-order valence-electron chi connectivity index (χ1n) is 12.6. The maximum absolute atomic E-state index is 12.8. The number of aliphatic hydroxyl groups is 3. The number of phenolic OH excluding ortho intramolecular Hbond substituents is 5. The zero-order chi connectivity index (χ0) is 30.3. The minimum atomic E-state index is -1.88. The second kappa shape index (κ2) is 11.3. The molecule has 0 radical (unpaired) electrons. The zero-order valence-electron chi connectivity index (χ0n) is 21.5. The first-order chi connectivity index (χ1) is 20.0. The maximum atomic E-state index is 12.8. The van der Waals surface area contributed by atoms with Crippen LogP contribution in [0.25, 0.3) is 0 Å². The number of ether oxygens (including phenoxy) is 4. The van der Waals surface area contributed by atoms with E-state index in [2.05, 4.69) is 0 Å². The maximum Gasteiger partial charge on any atom is 0.338 e. The Balaban J connectivity index is 1.38. The van der Waals surface area contributed by atoms with E-state index >= 15 is 0 Å². The summed E-state index contributed by atoms with van der Waals surface area (Å²) in [5.74, 6) is -4.84. The van der Waals surface area contributed by atoms with Crippen molar-refractivity contribution in [2.24, 2.45) is 0 Å². The van der Waals surface area contributed by atoms with Gasteiger partial charge in [-0.1, -0.05) is 12.1 Å². The SMILES string of the molecule is O=C(O[C@@H]1[C@@H](O)[C@H](Oc2cc(O)c3c(c2)OC(c2ccc(O)cc2)CC3=O)O[C@H](CO)[C@H]1O)c1cc(O)c(O)c(O)c1. The third-order valence-electron chi connectivity index (χ3n) is 6.86. The number of carbonyl (C=O) groups excluding carboxylic acids is 2. The van der Waals surface area contributed by atoms with Crippen molar-refractivity contribution in [2.45, 2.75) is 43.2 Å². The van der Waals surface area contributed by atoms with Gasteiger partial charge in [0.25, 0.3) is 0 Å². The van der Waals surface area contributed by atoms with E-state index in [1.807, 2.05) is 0 Å². The fourth-order valence-electron chi connectivity index (χ4n) is 4.70. The number of carbonyl (C=O) groups is 2. The summed E-state index contributed by atoms with van der Waals surface area (Å²) >= 11 is 0. The number of esters is 1. The number of aliphatic hydroxyl groups excluding tert-OH is 3. The lowest BCUT2D eigenvalue weighted by atomic mass is 9.95. The molecule has 0 spiro atoms. The molecule has 0 aromatic heterocycles. The topological polar surface area (TPSA) is 233 Å². The Bertz CT molecular complexity index is 1480. The highest BCUT2D eigenvalue weighted by molar-refractivity contribution is 6.02. The summed E-state index contributed by atoms with van der Waals surface area (Å²) < 4.78 is 22.3. The van der Waals surface area contributed by atoms with Crippen LogP contribution in [0.5, 0.6) is 40.2 Å². The van der Waals surface area contributed by atoms with Crippen LogP contribution >= 0.6 is 0 Å². The first-order valence-corrected chi connectivity index (χ1v) is 12.6.